The summed E-state index contributed by atoms with van der Waals surface area (Å²) >= 11 is 9.41. The van der Waals surface area contributed by atoms with Gasteiger partial charge in [-0.25, -0.2) is 0 Å². The van der Waals surface area contributed by atoms with E-state index in [9.17, 15) is 0 Å². The molecule has 0 N–H and O–H groups in total. The van der Waals surface area contributed by atoms with Gasteiger partial charge in [-0.1, -0.05) is 37.2 Å². The molecule has 0 aliphatic carbocycles. The van der Waals surface area contributed by atoms with Crippen LogP contribution in [-0.2, 0) is 0 Å². The summed E-state index contributed by atoms with van der Waals surface area (Å²) in [6.45, 7) is 2.17. The van der Waals surface area contributed by atoms with Crippen LogP contribution in [0.3, 0.4) is 0 Å². The number of hydrogen-bond acceptors (Lipinski definition) is 72. The smallest absolute Gasteiger partial charge is 0.0595 e. The van der Waals surface area contributed by atoms with Crippen LogP contribution in [0.2, 0.25) is 0 Å². The Morgan fingerprint density at radius 2 is 0.303 bits per heavy atom. The minimum atomic E-state index is 1.03. The van der Waals surface area contributed by atoms with Gasteiger partial charge < -0.3 is 0 Å². The zero-order valence-electron chi connectivity index (χ0n) is 32.3. The molecule has 0 saturated heterocycles. The fourth-order valence-electron chi connectivity index (χ4n) is 1.06. The Hall–Kier alpha value is 24.9. The molecular formula is C4H8S72. The van der Waals surface area contributed by atoms with E-state index in [1.54, 1.807) is 89.4 Å². The van der Waals surface area contributed by atoms with Crippen molar-refractivity contribution in [2.45, 2.75) is 19.8 Å². The van der Waals surface area contributed by atoms with Crippen LogP contribution in [0.4, 0.5) is 0 Å². The van der Waals surface area contributed by atoms with Crippen molar-refractivity contribution in [1.29, 1.82) is 0 Å². The summed E-state index contributed by atoms with van der Waals surface area (Å²) in [5.41, 5.74) is 0. The van der Waals surface area contributed by atoms with E-state index in [1.807, 2.05) is 590 Å². The zero-order valence-corrected chi connectivity index (χ0v) is 91.2. The third-order valence-electron chi connectivity index (χ3n) is 2.47. The van der Waals surface area contributed by atoms with Crippen LogP contribution in [0.5, 0.6) is 0 Å². The predicted octanol–water partition coefficient (Wildman–Crippen LogP) is 47.4. The van der Waals surface area contributed by atoms with E-state index < -0.39 is 0 Å². The molecule has 0 saturated carbocycles. The lowest BCUT2D eigenvalue weighted by Gasteiger charge is -2.00. The molecule has 0 aromatic carbocycles. The minimum Gasteiger partial charge on any atom is -0.0988 e. The highest BCUT2D eigenvalue weighted by molar-refractivity contribution is 9.65. The van der Waals surface area contributed by atoms with E-state index in [4.69, 9.17) is 12.2 Å². The molecule has 456 valence electrons. The third kappa shape index (κ3) is 97.0. The van der Waals surface area contributed by atoms with E-state index in [0.29, 0.717) is 0 Å². The Labute approximate surface area is 716 Å². The molecule has 0 aromatic heterocycles. The summed E-state index contributed by atoms with van der Waals surface area (Å²) in [6.07, 6.45) is 2.17. The molecule has 76 heavy (non-hydrogen) atoms. The van der Waals surface area contributed by atoms with Crippen LogP contribution in [-0.4, -0.2) is 4.20 Å². The molecule has 0 rings (SSSR count). The number of rotatable bonds is 71. The summed E-state index contributed by atoms with van der Waals surface area (Å²) in [5.74, 6) is 0. The highest BCUT2D eigenvalue weighted by atomic mass is 34.1. The van der Waals surface area contributed by atoms with Crippen molar-refractivity contribution < 1.29 is 0 Å². The lowest BCUT2D eigenvalue weighted by molar-refractivity contribution is 1.01. The first-order valence-corrected chi connectivity index (χ1v) is 108. The van der Waals surface area contributed by atoms with E-state index in [-0.39, 0.29) is 0 Å². The second-order valence-corrected chi connectivity index (χ2v) is 130. The van der Waals surface area contributed by atoms with Gasteiger partial charge in [-0.05, 0) is 174 Å². The zero-order chi connectivity index (χ0) is 54.5. The van der Waals surface area contributed by atoms with Gasteiger partial charge in [0.05, 0.1) is 4.20 Å². The van der Waals surface area contributed by atoms with Crippen molar-refractivity contribution >= 4 is 717 Å². The molecular weight excluding hydrogens is 2360 g/mol. The highest BCUT2D eigenvalue weighted by Crippen LogP contribution is 2.71. The van der Waals surface area contributed by atoms with Gasteiger partial charge in [-0.15, -0.1) is 0 Å². The highest BCUT2D eigenvalue weighted by Gasteiger charge is 2.07. The van der Waals surface area contributed by atoms with Gasteiger partial charge in [0.25, 0.3) is 0 Å². The van der Waals surface area contributed by atoms with Crippen LogP contribution in [0.1, 0.15) is 19.8 Å². The predicted molar refractivity (Wildman–Crippen MR) is 568 cm³/mol. The molecule has 0 heterocycles. The van der Waals surface area contributed by atoms with Gasteiger partial charge in [-0.2, -0.15) is 0 Å². The Bertz CT molecular complexity index is 999. The average molecular weight is 2360 g/mol. The van der Waals surface area contributed by atoms with Gasteiger partial charge in [0, 0.05) is 521 Å². The fourth-order valence-corrected chi connectivity index (χ4v) is 189. The van der Waals surface area contributed by atoms with E-state index >= 15 is 0 Å². The van der Waals surface area contributed by atoms with Gasteiger partial charge >= 0.3 is 0 Å². The first-order chi connectivity index (χ1) is 37.8. The maximum Gasteiger partial charge on any atom is 0.0595 e. The van der Waals surface area contributed by atoms with Crippen molar-refractivity contribution in [3.8, 4) is 0 Å². The van der Waals surface area contributed by atoms with Crippen LogP contribution in [0.15, 0.2) is 0 Å². The lowest BCUT2D eigenvalue weighted by atomic mass is 10.4. The molecule has 0 radical (unpaired) electrons. The van der Waals surface area contributed by atoms with Crippen molar-refractivity contribution in [1.82, 2.24) is 0 Å². The summed E-state index contributed by atoms with van der Waals surface area (Å²) in [7, 11) is 127. The first kappa shape index (κ1) is 101. The second-order valence-electron chi connectivity index (χ2n) is 5.91. The van der Waals surface area contributed by atoms with Crippen molar-refractivity contribution in [3.05, 3.63) is 0 Å². The van der Waals surface area contributed by atoms with E-state index in [2.05, 4.69) is 18.6 Å². The second kappa shape index (κ2) is 98.0. The fraction of sp³-hybridized carbons (Fsp3) is 0.750. The van der Waals surface area contributed by atoms with E-state index in [0.717, 1.165) is 17.0 Å². The van der Waals surface area contributed by atoms with Gasteiger partial charge in [0.1, 0.15) is 0 Å². The van der Waals surface area contributed by atoms with Crippen molar-refractivity contribution in [2.24, 2.45) is 0 Å². The summed E-state index contributed by atoms with van der Waals surface area (Å²) in [4.78, 5) is 0. The van der Waals surface area contributed by atoms with Gasteiger partial charge in [0.15, 0.2) is 0 Å². The standard InChI is InChI=1S/C4H8S72/c1-2-3-4(5)7-9-11-13-15-17-19-21-23-25-27-29-31-33-35-37-39-41-43-45-47-49-51-53-55-57-59-61-63-65-67-69-71-73-75-76-74-72-70-68-66-64-62-60-58-56-54-52-50-48-46-44-42-40-38-36-34-32-30-28-26-24-22-20-18-16-14-12-10-8-6/h6H,2-3H2,1H3. The van der Waals surface area contributed by atoms with E-state index in [1.165, 1.54) is 9.83 Å². The van der Waals surface area contributed by atoms with Crippen molar-refractivity contribution in [3.63, 3.8) is 0 Å². The molecule has 0 nitrogen and oxygen atoms in total. The molecule has 0 aliphatic heterocycles. The third-order valence-corrected chi connectivity index (χ3v) is 156. The van der Waals surface area contributed by atoms with Gasteiger partial charge in [-0.3, -0.25) is 0 Å². The molecule has 0 amide bonds. The van der Waals surface area contributed by atoms with Crippen molar-refractivity contribution in [2.75, 3.05) is 0 Å². The molecule has 0 bridgehead atoms. The molecule has 0 aliphatic rings. The molecule has 0 fully saturated rings. The van der Waals surface area contributed by atoms with Crippen LogP contribution in [0.25, 0.3) is 0 Å². The molecule has 0 spiro atoms. The molecule has 0 aromatic rings. The quantitative estimate of drug-likeness (QED) is 0.0266. The maximum absolute atomic E-state index is 5.31. The first-order valence-electron chi connectivity index (χ1n) is 13.7. The number of hydrogen-bond donors (Lipinski definition) is 1. The van der Waals surface area contributed by atoms with Crippen LogP contribution in [0, 0.1) is 0 Å². The van der Waals surface area contributed by atoms with Gasteiger partial charge in [0.2, 0.25) is 0 Å². The summed E-state index contributed by atoms with van der Waals surface area (Å²) in [5, 5.41) is 0. The van der Waals surface area contributed by atoms with Crippen LogP contribution < -0.4 is 0 Å². The number of thiol groups is 1. The monoisotopic (exact) mass is 2360 g/mol. The molecule has 0 unspecified atom stereocenters. The summed E-state index contributed by atoms with van der Waals surface area (Å²) < 4.78 is 1.10. The maximum atomic E-state index is 5.31. The Balaban J connectivity index is 3.08. The number of thiocarbonyl (C=S) groups is 1. The Morgan fingerprint density at radius 3 is 0.408 bits per heavy atom. The topological polar surface area (TPSA) is 0 Å². The minimum absolute atomic E-state index is 1.03. The largest absolute Gasteiger partial charge is 0.0988 e. The normalized spacial score (nSPS) is 11.7. The Kier molecular flexibility index (Phi) is 130. The Morgan fingerprint density at radius 1 is 0.197 bits per heavy atom. The van der Waals surface area contributed by atoms with Crippen LogP contribution >= 0.6 is 713 Å². The SMILES string of the molecule is CCCC(=S)SSSSSSSSSSSSSSSSSSSSSSSSSSSSSSSSSSSSSSSSSSSSSSSSSSSSSSSSSSSSSSSSSSSSSSS. The molecule has 72 heteroatoms. The molecule has 0 atom stereocenters. The summed E-state index contributed by atoms with van der Waals surface area (Å²) in [6, 6.07) is 0. The lowest BCUT2D eigenvalue weighted by Crippen LogP contribution is -1.80. The average Bonchev–Trinajstić information content (AvgIpc) is 3.42.